The Kier molecular flexibility index (Phi) is 3.46. The summed E-state index contributed by atoms with van der Waals surface area (Å²) in [6.07, 6.45) is 4.03. The minimum Gasteiger partial charge on any atom is -0.392 e. The molecule has 1 unspecified atom stereocenters. The maximum absolute atomic E-state index is 9.47. The van der Waals surface area contributed by atoms with E-state index in [4.69, 9.17) is 5.73 Å². The second-order valence-electron chi connectivity index (χ2n) is 2.93. The van der Waals surface area contributed by atoms with Crippen molar-refractivity contribution < 1.29 is 5.11 Å². The number of hydrogen-bond acceptors (Lipinski definition) is 3. The maximum Gasteiger partial charge on any atom is 0.126 e. The highest BCUT2D eigenvalue weighted by Gasteiger charge is 2.05. The topological polar surface area (TPSA) is 59.1 Å². The maximum atomic E-state index is 9.47. The van der Waals surface area contributed by atoms with Gasteiger partial charge in [0.2, 0.25) is 0 Å². The van der Waals surface area contributed by atoms with Crippen LogP contribution in [0.3, 0.4) is 0 Å². The number of aliphatic hydroxyl groups is 1. The molecule has 3 nitrogen and oxygen atoms in total. The molecule has 1 aromatic heterocycles. The van der Waals surface area contributed by atoms with E-state index in [2.05, 4.69) is 11.6 Å². The molecule has 1 heterocycles. The van der Waals surface area contributed by atoms with Gasteiger partial charge in [-0.15, -0.1) is 6.58 Å². The molecule has 0 saturated heterocycles. The first-order chi connectivity index (χ1) is 6.24. The summed E-state index contributed by atoms with van der Waals surface area (Å²) in [5.74, 6) is 0.491. The lowest BCUT2D eigenvalue weighted by Crippen LogP contribution is -2.11. The molecule has 1 aromatic rings. The summed E-state index contributed by atoms with van der Waals surface area (Å²) in [6, 6.07) is 3.68. The molecule has 0 spiro atoms. The van der Waals surface area contributed by atoms with Crippen molar-refractivity contribution in [3.05, 3.63) is 36.5 Å². The van der Waals surface area contributed by atoms with Crippen LogP contribution in [-0.4, -0.2) is 16.2 Å². The van der Waals surface area contributed by atoms with Gasteiger partial charge in [0.25, 0.3) is 0 Å². The number of nitrogen functional groups attached to an aromatic ring is 1. The molecule has 3 N–H and O–H groups in total. The summed E-state index contributed by atoms with van der Waals surface area (Å²) < 4.78 is 0. The summed E-state index contributed by atoms with van der Waals surface area (Å²) in [5.41, 5.74) is 6.50. The summed E-state index contributed by atoms with van der Waals surface area (Å²) in [5, 5.41) is 9.47. The van der Waals surface area contributed by atoms with E-state index in [1.165, 1.54) is 0 Å². The van der Waals surface area contributed by atoms with Crippen molar-refractivity contribution in [1.82, 2.24) is 4.98 Å². The Balaban J connectivity index is 2.63. The van der Waals surface area contributed by atoms with E-state index in [0.29, 0.717) is 18.7 Å². The molecular formula is C10H14N2O. The molecule has 0 radical (unpaired) electrons. The van der Waals surface area contributed by atoms with Crippen molar-refractivity contribution in [3.63, 3.8) is 0 Å². The van der Waals surface area contributed by atoms with Gasteiger partial charge < -0.3 is 10.8 Å². The Morgan fingerprint density at radius 1 is 1.69 bits per heavy atom. The van der Waals surface area contributed by atoms with Crippen LogP contribution in [0.1, 0.15) is 12.0 Å². The molecule has 0 amide bonds. The van der Waals surface area contributed by atoms with Crippen molar-refractivity contribution in [1.29, 1.82) is 0 Å². The Morgan fingerprint density at radius 2 is 2.46 bits per heavy atom. The van der Waals surface area contributed by atoms with E-state index >= 15 is 0 Å². The number of aliphatic hydroxyl groups excluding tert-OH is 1. The average Bonchev–Trinajstić information content (AvgIpc) is 2.09. The highest BCUT2D eigenvalue weighted by Crippen LogP contribution is 2.11. The van der Waals surface area contributed by atoms with Crippen LogP contribution < -0.4 is 5.73 Å². The van der Waals surface area contributed by atoms with Gasteiger partial charge in [0.05, 0.1) is 6.10 Å². The molecule has 1 rings (SSSR count). The third-order valence-electron chi connectivity index (χ3n) is 1.82. The number of rotatable bonds is 4. The number of nitrogens with zero attached hydrogens (tertiary/aromatic N) is 1. The van der Waals surface area contributed by atoms with Crippen LogP contribution in [0.5, 0.6) is 0 Å². The smallest absolute Gasteiger partial charge is 0.126 e. The lowest BCUT2D eigenvalue weighted by Gasteiger charge is -2.08. The average molecular weight is 178 g/mol. The highest BCUT2D eigenvalue weighted by molar-refractivity contribution is 5.38. The summed E-state index contributed by atoms with van der Waals surface area (Å²) in [4.78, 5) is 3.93. The molecule has 1 atom stereocenters. The van der Waals surface area contributed by atoms with Crippen LogP contribution in [0.2, 0.25) is 0 Å². The molecule has 0 fully saturated rings. The van der Waals surface area contributed by atoms with Crippen LogP contribution in [-0.2, 0) is 6.42 Å². The van der Waals surface area contributed by atoms with Gasteiger partial charge in [0.15, 0.2) is 0 Å². The summed E-state index contributed by atoms with van der Waals surface area (Å²) in [6.45, 7) is 3.56. The van der Waals surface area contributed by atoms with E-state index in [-0.39, 0.29) is 0 Å². The SMILES string of the molecule is C=CCC(O)Cc1cccnc1N. The molecular weight excluding hydrogens is 164 g/mol. The largest absolute Gasteiger partial charge is 0.392 e. The molecule has 0 aromatic carbocycles. The van der Waals surface area contributed by atoms with Crippen LogP contribution in [0.4, 0.5) is 5.82 Å². The molecule has 0 aliphatic heterocycles. The van der Waals surface area contributed by atoms with E-state index in [1.807, 2.05) is 12.1 Å². The third kappa shape index (κ3) is 2.87. The quantitative estimate of drug-likeness (QED) is 0.680. The number of pyridine rings is 1. The zero-order valence-corrected chi connectivity index (χ0v) is 7.48. The van der Waals surface area contributed by atoms with E-state index in [1.54, 1.807) is 12.3 Å². The van der Waals surface area contributed by atoms with E-state index in [0.717, 1.165) is 5.56 Å². The Bertz CT molecular complexity index is 286. The van der Waals surface area contributed by atoms with Crippen molar-refractivity contribution in [2.45, 2.75) is 18.9 Å². The Hall–Kier alpha value is -1.35. The predicted molar refractivity (Wildman–Crippen MR) is 53.2 cm³/mol. The molecule has 0 aliphatic carbocycles. The fourth-order valence-corrected chi connectivity index (χ4v) is 1.15. The lowest BCUT2D eigenvalue weighted by atomic mass is 10.1. The van der Waals surface area contributed by atoms with Gasteiger partial charge in [0, 0.05) is 12.6 Å². The zero-order valence-electron chi connectivity index (χ0n) is 7.48. The molecule has 0 bridgehead atoms. The lowest BCUT2D eigenvalue weighted by molar-refractivity contribution is 0.178. The number of hydrogen-bond donors (Lipinski definition) is 2. The zero-order chi connectivity index (χ0) is 9.68. The number of nitrogens with two attached hydrogens (primary N) is 1. The van der Waals surface area contributed by atoms with E-state index < -0.39 is 6.10 Å². The van der Waals surface area contributed by atoms with Crippen molar-refractivity contribution >= 4 is 5.82 Å². The second kappa shape index (κ2) is 4.62. The van der Waals surface area contributed by atoms with Gasteiger partial charge in [-0.25, -0.2) is 4.98 Å². The standard InChI is InChI=1S/C10H14N2O/c1-2-4-9(13)7-8-5-3-6-12-10(8)11/h2-3,5-6,9,13H,1,4,7H2,(H2,11,12). The van der Waals surface area contributed by atoms with Crippen LogP contribution in [0.25, 0.3) is 0 Å². The summed E-state index contributed by atoms with van der Waals surface area (Å²) >= 11 is 0. The third-order valence-corrected chi connectivity index (χ3v) is 1.82. The van der Waals surface area contributed by atoms with E-state index in [9.17, 15) is 5.11 Å². The Morgan fingerprint density at radius 3 is 3.08 bits per heavy atom. The number of anilines is 1. The van der Waals surface area contributed by atoms with Gasteiger partial charge in [0.1, 0.15) is 5.82 Å². The first-order valence-corrected chi connectivity index (χ1v) is 4.22. The van der Waals surface area contributed by atoms with Gasteiger partial charge in [-0.3, -0.25) is 0 Å². The molecule has 3 heteroatoms. The van der Waals surface area contributed by atoms with Gasteiger partial charge in [-0.1, -0.05) is 12.1 Å². The van der Waals surface area contributed by atoms with Crippen LogP contribution >= 0.6 is 0 Å². The van der Waals surface area contributed by atoms with Crippen LogP contribution in [0, 0.1) is 0 Å². The van der Waals surface area contributed by atoms with Gasteiger partial charge in [-0.05, 0) is 18.1 Å². The van der Waals surface area contributed by atoms with Crippen molar-refractivity contribution in [2.24, 2.45) is 0 Å². The molecule has 0 saturated carbocycles. The van der Waals surface area contributed by atoms with Gasteiger partial charge >= 0.3 is 0 Å². The van der Waals surface area contributed by atoms with Gasteiger partial charge in [-0.2, -0.15) is 0 Å². The van der Waals surface area contributed by atoms with Crippen LogP contribution in [0.15, 0.2) is 31.0 Å². The monoisotopic (exact) mass is 178 g/mol. The Labute approximate surface area is 77.9 Å². The van der Waals surface area contributed by atoms with Crippen molar-refractivity contribution in [2.75, 3.05) is 5.73 Å². The molecule has 0 aliphatic rings. The highest BCUT2D eigenvalue weighted by atomic mass is 16.3. The van der Waals surface area contributed by atoms with Crippen molar-refractivity contribution in [3.8, 4) is 0 Å². The first kappa shape index (κ1) is 9.74. The molecule has 70 valence electrons. The minimum atomic E-state index is -0.413. The number of aromatic nitrogens is 1. The minimum absolute atomic E-state index is 0.413. The fraction of sp³-hybridized carbons (Fsp3) is 0.300. The fourth-order valence-electron chi connectivity index (χ4n) is 1.15. The first-order valence-electron chi connectivity index (χ1n) is 4.22. The normalized spacial score (nSPS) is 12.4. The second-order valence-corrected chi connectivity index (χ2v) is 2.93. The molecule has 13 heavy (non-hydrogen) atoms. The summed E-state index contributed by atoms with van der Waals surface area (Å²) in [7, 11) is 0. The predicted octanol–water partition coefficient (Wildman–Crippen LogP) is 1.14.